The third kappa shape index (κ3) is 4.43. The van der Waals surface area contributed by atoms with Gasteiger partial charge in [-0.2, -0.15) is 10.2 Å². The zero-order valence-corrected chi connectivity index (χ0v) is 17.8. The Morgan fingerprint density at radius 2 is 2.20 bits per heavy atom. The molecule has 1 saturated heterocycles. The van der Waals surface area contributed by atoms with E-state index in [-0.39, 0.29) is 27.7 Å². The van der Waals surface area contributed by atoms with Crippen LogP contribution in [0.15, 0.2) is 34.3 Å². The second-order valence-corrected chi connectivity index (χ2v) is 8.67. The highest BCUT2D eigenvalue weighted by molar-refractivity contribution is 7.98. The number of aromatic nitrogens is 2. The summed E-state index contributed by atoms with van der Waals surface area (Å²) in [7, 11) is -2.22. The summed E-state index contributed by atoms with van der Waals surface area (Å²) < 4.78 is 32.7. The van der Waals surface area contributed by atoms with Crippen LogP contribution in [0.5, 0.6) is 0 Å². The zero-order valence-electron chi connectivity index (χ0n) is 16.1. The number of thioether (sulfide) groups is 1. The molecule has 0 radical (unpaired) electrons. The molecule has 1 aliphatic heterocycles. The predicted molar refractivity (Wildman–Crippen MR) is 109 cm³/mol. The van der Waals surface area contributed by atoms with Crippen molar-refractivity contribution in [2.75, 3.05) is 30.9 Å². The number of nitriles is 1. The van der Waals surface area contributed by atoms with Crippen LogP contribution in [-0.4, -0.2) is 51.2 Å². The van der Waals surface area contributed by atoms with Crippen LogP contribution in [0.2, 0.25) is 0 Å². The Morgan fingerprint density at radius 3 is 2.80 bits per heavy atom. The highest BCUT2D eigenvalue weighted by Gasteiger charge is 2.37. The van der Waals surface area contributed by atoms with Gasteiger partial charge in [0, 0.05) is 13.1 Å². The van der Waals surface area contributed by atoms with Gasteiger partial charge < -0.3 is 9.64 Å². The predicted octanol–water partition coefficient (Wildman–Crippen LogP) is 2.84. The molecule has 158 valence electrons. The molecule has 9 nitrogen and oxygen atoms in total. The maximum Gasteiger partial charge on any atom is 0.335 e. The first-order valence-electron chi connectivity index (χ1n) is 8.89. The molecular formula is C18H18FN5O4S2. The van der Waals surface area contributed by atoms with Crippen molar-refractivity contribution in [3.63, 3.8) is 0 Å². The van der Waals surface area contributed by atoms with Gasteiger partial charge in [-0.1, -0.05) is 23.9 Å². The Morgan fingerprint density at radius 1 is 1.47 bits per heavy atom. The molecule has 1 aromatic heterocycles. The number of morpholine rings is 1. The molecule has 0 aliphatic carbocycles. The molecule has 2 aromatic rings. The number of rotatable bonds is 6. The second kappa shape index (κ2) is 9.46. The molecule has 0 amide bonds. The zero-order chi connectivity index (χ0) is 21.8. The average Bonchev–Trinajstić information content (AvgIpc) is 2.73. The van der Waals surface area contributed by atoms with Crippen molar-refractivity contribution >= 4 is 34.1 Å². The van der Waals surface area contributed by atoms with E-state index >= 15 is 0 Å². The first-order chi connectivity index (χ1) is 14.4. The van der Waals surface area contributed by atoms with Crippen molar-refractivity contribution < 1.29 is 18.3 Å². The lowest BCUT2D eigenvalue weighted by molar-refractivity contribution is -0.385. The normalized spacial score (nSPS) is 18.5. The van der Waals surface area contributed by atoms with Gasteiger partial charge >= 0.3 is 5.69 Å². The number of benzene rings is 1. The van der Waals surface area contributed by atoms with Crippen LogP contribution in [0.1, 0.15) is 17.9 Å². The maximum atomic E-state index is 14.2. The summed E-state index contributed by atoms with van der Waals surface area (Å²) in [5, 5.41) is 20.4. The van der Waals surface area contributed by atoms with E-state index in [0.29, 0.717) is 19.7 Å². The number of ether oxygens (including phenoxy) is 1. The lowest BCUT2D eigenvalue weighted by atomic mass is 10.2. The summed E-state index contributed by atoms with van der Waals surface area (Å²) in [6.07, 6.45) is 1.51. The van der Waals surface area contributed by atoms with Crippen molar-refractivity contribution in [3.8, 4) is 6.07 Å². The van der Waals surface area contributed by atoms with E-state index < -0.39 is 32.5 Å². The standard InChI is InChI=1S/C18H18FN5O4S2/c1-11-10-23(7-8-28-11)17-16(24(25)26)15(21-18(22-17)29-2)14(9-20)30(27)13-6-4-3-5-12(13)19/h3-6,11,14H,7-8,10H2,1-2H3. The molecule has 1 aliphatic rings. The van der Waals surface area contributed by atoms with Crippen LogP contribution in [0, 0.1) is 27.3 Å². The molecule has 3 atom stereocenters. The molecular weight excluding hydrogens is 433 g/mol. The van der Waals surface area contributed by atoms with Crippen LogP contribution >= 0.6 is 11.8 Å². The quantitative estimate of drug-likeness (QED) is 0.282. The van der Waals surface area contributed by atoms with Crippen molar-refractivity contribution in [3.05, 3.63) is 45.9 Å². The molecule has 3 rings (SSSR count). The van der Waals surface area contributed by atoms with Crippen LogP contribution in [0.3, 0.4) is 0 Å². The van der Waals surface area contributed by atoms with Gasteiger partial charge in [-0.15, -0.1) is 0 Å². The molecule has 0 bridgehead atoms. The molecule has 1 fully saturated rings. The largest absolute Gasteiger partial charge is 0.375 e. The molecule has 0 saturated carbocycles. The molecule has 0 N–H and O–H groups in total. The molecule has 12 heteroatoms. The fourth-order valence-corrected chi connectivity index (χ4v) is 4.62. The number of anilines is 1. The third-order valence-electron chi connectivity index (χ3n) is 4.41. The van der Waals surface area contributed by atoms with Gasteiger partial charge in [-0.05, 0) is 25.3 Å². The minimum absolute atomic E-state index is 0.0373. The number of nitro groups is 1. The van der Waals surface area contributed by atoms with E-state index in [9.17, 15) is 24.0 Å². The molecule has 3 unspecified atom stereocenters. The summed E-state index contributed by atoms with van der Waals surface area (Å²) >= 11 is 1.14. The summed E-state index contributed by atoms with van der Waals surface area (Å²) in [6, 6.07) is 7.11. The Bertz CT molecular complexity index is 1030. The van der Waals surface area contributed by atoms with E-state index in [4.69, 9.17) is 4.74 Å². The smallest absolute Gasteiger partial charge is 0.335 e. The van der Waals surface area contributed by atoms with Gasteiger partial charge in [0.05, 0.1) is 39.4 Å². The van der Waals surface area contributed by atoms with Gasteiger partial charge in [0.1, 0.15) is 5.82 Å². The van der Waals surface area contributed by atoms with Crippen LogP contribution < -0.4 is 4.90 Å². The van der Waals surface area contributed by atoms with Crippen LogP contribution in [0.4, 0.5) is 15.9 Å². The van der Waals surface area contributed by atoms with E-state index in [1.807, 2.05) is 13.0 Å². The number of hydrogen-bond acceptors (Lipinski definition) is 9. The Kier molecular flexibility index (Phi) is 6.96. The summed E-state index contributed by atoms with van der Waals surface area (Å²) in [5.74, 6) is -0.726. The van der Waals surface area contributed by atoms with Gasteiger partial charge in [0.25, 0.3) is 0 Å². The van der Waals surface area contributed by atoms with Gasteiger partial charge in [0.15, 0.2) is 16.1 Å². The first-order valence-corrected chi connectivity index (χ1v) is 11.3. The van der Waals surface area contributed by atoms with Gasteiger partial charge in [-0.25, -0.2) is 9.37 Å². The second-order valence-electron chi connectivity index (χ2n) is 6.39. The van der Waals surface area contributed by atoms with Gasteiger partial charge in [0.2, 0.25) is 5.82 Å². The lowest BCUT2D eigenvalue weighted by Crippen LogP contribution is -2.42. The summed E-state index contributed by atoms with van der Waals surface area (Å²) in [5.41, 5.74) is -0.796. The van der Waals surface area contributed by atoms with E-state index in [0.717, 1.165) is 17.8 Å². The van der Waals surface area contributed by atoms with Crippen molar-refractivity contribution in [2.24, 2.45) is 0 Å². The Balaban J connectivity index is 2.18. The topological polar surface area (TPSA) is 122 Å². The summed E-state index contributed by atoms with van der Waals surface area (Å²) in [6.45, 7) is 2.91. The fourth-order valence-electron chi connectivity index (χ4n) is 3.06. The Labute approximate surface area is 178 Å². The fraction of sp³-hybridized carbons (Fsp3) is 0.389. The summed E-state index contributed by atoms with van der Waals surface area (Å²) in [4.78, 5) is 21.2. The van der Waals surface area contributed by atoms with Crippen LogP contribution in [0.25, 0.3) is 0 Å². The monoisotopic (exact) mass is 451 g/mol. The minimum atomic E-state index is -2.22. The van der Waals surface area contributed by atoms with E-state index in [1.165, 1.54) is 18.2 Å². The lowest BCUT2D eigenvalue weighted by Gasteiger charge is -2.32. The Hall–Kier alpha value is -2.62. The van der Waals surface area contributed by atoms with E-state index in [2.05, 4.69) is 9.97 Å². The molecule has 30 heavy (non-hydrogen) atoms. The third-order valence-corrected chi connectivity index (χ3v) is 6.48. The maximum absolute atomic E-state index is 14.2. The van der Waals surface area contributed by atoms with Gasteiger partial charge in [-0.3, -0.25) is 14.3 Å². The molecule has 0 spiro atoms. The molecule has 1 aromatic carbocycles. The average molecular weight is 452 g/mol. The first kappa shape index (κ1) is 22.1. The van der Waals surface area contributed by atoms with Crippen LogP contribution in [-0.2, 0) is 15.5 Å². The van der Waals surface area contributed by atoms with Crippen molar-refractivity contribution in [1.29, 1.82) is 5.26 Å². The molecule has 2 heterocycles. The van der Waals surface area contributed by atoms with Crippen molar-refractivity contribution in [1.82, 2.24) is 9.97 Å². The highest BCUT2D eigenvalue weighted by atomic mass is 32.2. The minimum Gasteiger partial charge on any atom is -0.375 e. The van der Waals surface area contributed by atoms with Crippen molar-refractivity contribution in [2.45, 2.75) is 28.3 Å². The number of nitrogens with zero attached hydrogens (tertiary/aromatic N) is 5. The van der Waals surface area contributed by atoms with E-state index in [1.54, 1.807) is 11.2 Å². The highest BCUT2D eigenvalue weighted by Crippen LogP contribution is 2.38. The SMILES string of the molecule is CSc1nc(C(C#N)S(=O)c2ccccc2F)c([N+](=O)[O-])c(N2CCOC(C)C2)n1. The number of halogens is 1. The number of hydrogen-bond donors (Lipinski definition) is 0.